The molecule has 2 aliphatic rings. The summed E-state index contributed by atoms with van der Waals surface area (Å²) in [6.07, 6.45) is 3.27. The first-order chi connectivity index (χ1) is 5.70. The average Bonchev–Trinajstić information content (AvgIpc) is 2.80. The van der Waals surface area contributed by atoms with Crippen LogP contribution in [0.2, 0.25) is 0 Å². The maximum atomic E-state index is 11.3. The Hall–Kier alpha value is -0.570. The Labute approximate surface area is 71.7 Å². The Kier molecular flexibility index (Phi) is 1.65. The third-order valence-electron chi connectivity index (χ3n) is 3.31. The number of methoxy groups -OCH3 is 1. The van der Waals surface area contributed by atoms with E-state index in [-0.39, 0.29) is 23.4 Å². The molecule has 3 heteroatoms. The van der Waals surface area contributed by atoms with Gasteiger partial charge < -0.3 is 9.84 Å². The molecule has 0 saturated heterocycles. The smallest absolute Gasteiger partial charge is 0.312 e. The summed E-state index contributed by atoms with van der Waals surface area (Å²) in [5, 5.41) is 9.52. The van der Waals surface area contributed by atoms with E-state index in [0.29, 0.717) is 0 Å². The predicted molar refractivity (Wildman–Crippen MR) is 42.4 cm³/mol. The molecule has 0 bridgehead atoms. The van der Waals surface area contributed by atoms with Gasteiger partial charge in [-0.2, -0.15) is 0 Å². The third kappa shape index (κ3) is 0.891. The molecule has 2 aliphatic carbocycles. The van der Waals surface area contributed by atoms with E-state index in [1.54, 1.807) is 0 Å². The maximum absolute atomic E-state index is 11.3. The first kappa shape index (κ1) is 8.05. The maximum Gasteiger partial charge on any atom is 0.312 e. The number of esters is 1. The molecule has 0 heterocycles. The molecule has 1 N–H and O–H groups in total. The predicted octanol–water partition coefficient (Wildman–Crippen LogP) is 0.710. The zero-order valence-electron chi connectivity index (χ0n) is 7.25. The molecule has 0 aromatic carbocycles. The SMILES string of the molecule is COC(=O)[C@@]12CCC[C@H](O)[C@@H]1C2. The van der Waals surface area contributed by atoms with Crippen LogP contribution in [-0.2, 0) is 9.53 Å². The normalized spacial score (nSPS) is 44.8. The van der Waals surface area contributed by atoms with Crippen LogP contribution in [0, 0.1) is 11.3 Å². The molecule has 3 nitrogen and oxygen atoms in total. The molecule has 0 spiro atoms. The van der Waals surface area contributed by atoms with Crippen molar-refractivity contribution >= 4 is 5.97 Å². The number of fused-ring (bicyclic) bond motifs is 1. The van der Waals surface area contributed by atoms with Crippen LogP contribution in [0.15, 0.2) is 0 Å². The third-order valence-corrected chi connectivity index (χ3v) is 3.31. The van der Waals surface area contributed by atoms with Crippen molar-refractivity contribution in [1.82, 2.24) is 0 Å². The lowest BCUT2D eigenvalue weighted by Gasteiger charge is -2.22. The summed E-state index contributed by atoms with van der Waals surface area (Å²) < 4.78 is 4.73. The fourth-order valence-electron chi connectivity index (χ4n) is 2.49. The van der Waals surface area contributed by atoms with Crippen LogP contribution in [0.25, 0.3) is 0 Å². The summed E-state index contributed by atoms with van der Waals surface area (Å²) >= 11 is 0. The Morgan fingerprint density at radius 3 is 3.08 bits per heavy atom. The van der Waals surface area contributed by atoms with Crippen LogP contribution < -0.4 is 0 Å². The number of aliphatic hydroxyl groups excluding tert-OH is 1. The quantitative estimate of drug-likeness (QED) is 0.589. The summed E-state index contributed by atoms with van der Waals surface area (Å²) in [5.74, 6) is 0.0740. The van der Waals surface area contributed by atoms with Crippen LogP contribution in [0.5, 0.6) is 0 Å². The Balaban J connectivity index is 2.10. The Morgan fingerprint density at radius 2 is 2.42 bits per heavy atom. The number of hydrogen-bond acceptors (Lipinski definition) is 3. The van der Waals surface area contributed by atoms with Gasteiger partial charge in [0.2, 0.25) is 0 Å². The Morgan fingerprint density at radius 1 is 1.67 bits per heavy atom. The van der Waals surface area contributed by atoms with Crippen molar-refractivity contribution in [3.8, 4) is 0 Å². The van der Waals surface area contributed by atoms with Gasteiger partial charge in [-0.05, 0) is 25.7 Å². The number of aliphatic hydroxyl groups is 1. The second kappa shape index (κ2) is 2.46. The van der Waals surface area contributed by atoms with E-state index in [2.05, 4.69) is 0 Å². The highest BCUT2D eigenvalue weighted by Crippen LogP contribution is 2.61. The van der Waals surface area contributed by atoms with Crippen LogP contribution in [0.4, 0.5) is 0 Å². The fraction of sp³-hybridized carbons (Fsp3) is 0.889. The number of carbonyl (C=O) groups is 1. The van der Waals surface area contributed by atoms with Gasteiger partial charge in [0.15, 0.2) is 0 Å². The van der Waals surface area contributed by atoms with Gasteiger partial charge in [0.25, 0.3) is 0 Å². The number of carbonyl (C=O) groups excluding carboxylic acids is 1. The standard InChI is InChI=1S/C9H14O3/c1-12-8(11)9-4-2-3-7(10)6(9)5-9/h6-7,10H,2-5H2,1H3/t6-,7-,9+/m0/s1. The summed E-state index contributed by atoms with van der Waals surface area (Å²) in [7, 11) is 1.42. The number of ether oxygens (including phenoxy) is 1. The molecule has 0 amide bonds. The van der Waals surface area contributed by atoms with Crippen molar-refractivity contribution in [2.24, 2.45) is 11.3 Å². The summed E-state index contributed by atoms with van der Waals surface area (Å²) in [5.41, 5.74) is -0.285. The van der Waals surface area contributed by atoms with Crippen LogP contribution in [-0.4, -0.2) is 24.3 Å². The minimum atomic E-state index is -0.285. The molecule has 2 rings (SSSR count). The van der Waals surface area contributed by atoms with E-state index >= 15 is 0 Å². The van der Waals surface area contributed by atoms with E-state index in [9.17, 15) is 9.90 Å². The zero-order chi connectivity index (χ0) is 8.77. The van der Waals surface area contributed by atoms with Gasteiger partial charge >= 0.3 is 5.97 Å². The molecule has 68 valence electrons. The minimum Gasteiger partial charge on any atom is -0.469 e. The highest BCUT2D eigenvalue weighted by molar-refractivity contribution is 5.80. The molecule has 12 heavy (non-hydrogen) atoms. The largest absolute Gasteiger partial charge is 0.469 e. The fourth-order valence-corrected chi connectivity index (χ4v) is 2.49. The van der Waals surface area contributed by atoms with Crippen molar-refractivity contribution in [3.63, 3.8) is 0 Å². The van der Waals surface area contributed by atoms with Crippen LogP contribution in [0.1, 0.15) is 25.7 Å². The molecule has 0 unspecified atom stereocenters. The monoisotopic (exact) mass is 170 g/mol. The van der Waals surface area contributed by atoms with Gasteiger partial charge in [-0.25, -0.2) is 0 Å². The van der Waals surface area contributed by atoms with E-state index in [0.717, 1.165) is 25.7 Å². The molecule has 0 aromatic heterocycles. The Bertz CT molecular complexity index is 214. The van der Waals surface area contributed by atoms with Gasteiger partial charge in [0.1, 0.15) is 0 Å². The highest BCUT2D eigenvalue weighted by Gasteiger charge is 2.64. The molecule has 0 aliphatic heterocycles. The first-order valence-electron chi connectivity index (χ1n) is 4.47. The summed E-state index contributed by atoms with van der Waals surface area (Å²) in [6, 6.07) is 0. The van der Waals surface area contributed by atoms with Gasteiger partial charge in [-0.15, -0.1) is 0 Å². The van der Waals surface area contributed by atoms with Crippen molar-refractivity contribution in [3.05, 3.63) is 0 Å². The molecule has 2 fully saturated rings. The van der Waals surface area contributed by atoms with Crippen LogP contribution in [0.3, 0.4) is 0 Å². The van der Waals surface area contributed by atoms with Crippen LogP contribution >= 0.6 is 0 Å². The van der Waals surface area contributed by atoms with Crippen molar-refractivity contribution in [2.75, 3.05) is 7.11 Å². The molecule has 0 radical (unpaired) electrons. The minimum absolute atomic E-state index is 0.119. The molecular weight excluding hydrogens is 156 g/mol. The lowest BCUT2D eigenvalue weighted by Crippen LogP contribution is -2.28. The van der Waals surface area contributed by atoms with E-state index < -0.39 is 0 Å². The lowest BCUT2D eigenvalue weighted by molar-refractivity contribution is -0.149. The molecule has 2 saturated carbocycles. The lowest BCUT2D eigenvalue weighted by atomic mass is 9.87. The summed E-state index contributed by atoms with van der Waals surface area (Å²) in [4.78, 5) is 11.3. The number of hydrogen-bond donors (Lipinski definition) is 1. The topological polar surface area (TPSA) is 46.5 Å². The second-order valence-corrected chi connectivity index (χ2v) is 3.92. The second-order valence-electron chi connectivity index (χ2n) is 3.92. The molecular formula is C9H14O3. The molecule has 0 aromatic rings. The van der Waals surface area contributed by atoms with Gasteiger partial charge in [-0.3, -0.25) is 4.79 Å². The highest BCUT2D eigenvalue weighted by atomic mass is 16.5. The van der Waals surface area contributed by atoms with E-state index in [4.69, 9.17) is 4.74 Å². The summed E-state index contributed by atoms with van der Waals surface area (Å²) in [6.45, 7) is 0. The van der Waals surface area contributed by atoms with E-state index in [1.165, 1.54) is 7.11 Å². The average molecular weight is 170 g/mol. The van der Waals surface area contributed by atoms with Crippen molar-refractivity contribution in [1.29, 1.82) is 0 Å². The zero-order valence-corrected chi connectivity index (χ0v) is 7.25. The first-order valence-corrected chi connectivity index (χ1v) is 4.47. The van der Waals surface area contributed by atoms with Gasteiger partial charge in [0, 0.05) is 5.92 Å². The number of rotatable bonds is 1. The van der Waals surface area contributed by atoms with E-state index in [1.807, 2.05) is 0 Å². The van der Waals surface area contributed by atoms with Crippen molar-refractivity contribution < 1.29 is 14.6 Å². The van der Waals surface area contributed by atoms with Gasteiger partial charge in [0.05, 0.1) is 18.6 Å². The van der Waals surface area contributed by atoms with Gasteiger partial charge in [-0.1, -0.05) is 0 Å². The molecule has 3 atom stereocenters. The van der Waals surface area contributed by atoms with Crippen molar-refractivity contribution in [2.45, 2.75) is 31.8 Å².